The second-order valence-electron chi connectivity index (χ2n) is 5.30. The first-order valence-electron chi connectivity index (χ1n) is 6.85. The van der Waals surface area contributed by atoms with Crippen LogP contribution in [0.1, 0.15) is 26.7 Å². The highest BCUT2D eigenvalue weighted by Crippen LogP contribution is 2.07. The van der Waals surface area contributed by atoms with Gasteiger partial charge in [0.15, 0.2) is 0 Å². The molecule has 6 nitrogen and oxygen atoms in total. The number of hydrogen-bond acceptors (Lipinski definition) is 4. The number of carbonyl (C=O) groups excluding carboxylic acids is 2. The first kappa shape index (κ1) is 22.6. The Morgan fingerprint density at radius 2 is 1.86 bits per heavy atom. The monoisotopic (exact) mass is 340 g/mol. The third kappa shape index (κ3) is 9.82. The van der Waals surface area contributed by atoms with E-state index in [2.05, 4.69) is 19.2 Å². The summed E-state index contributed by atoms with van der Waals surface area (Å²) in [5, 5.41) is 2.51. The van der Waals surface area contributed by atoms with Gasteiger partial charge in [0.25, 0.3) is 0 Å². The van der Waals surface area contributed by atoms with Gasteiger partial charge >= 0.3 is 6.03 Å². The number of likely N-dealkylation sites (N-methyl/N-ethyl adjacent to an activating group) is 1. The fourth-order valence-corrected chi connectivity index (χ4v) is 2.19. The fourth-order valence-electron chi connectivity index (χ4n) is 1.72. The number of urea groups is 1. The largest absolute Gasteiger partial charge is 0.352 e. The summed E-state index contributed by atoms with van der Waals surface area (Å²) in [7, 11) is 1.73. The highest BCUT2D eigenvalue weighted by molar-refractivity contribution is 7.98. The predicted octanol–water partition coefficient (Wildman–Crippen LogP) is 1.03. The molecule has 0 aromatic heterocycles. The molecule has 3 amide bonds. The average Bonchev–Trinajstić information content (AvgIpc) is 2.38. The van der Waals surface area contributed by atoms with Crippen LogP contribution >= 0.6 is 24.2 Å². The summed E-state index contributed by atoms with van der Waals surface area (Å²) in [6.45, 7) is 4.69. The summed E-state index contributed by atoms with van der Waals surface area (Å²) in [4.78, 5) is 24.9. The minimum absolute atomic E-state index is 0. The molecule has 2 atom stereocenters. The average molecular weight is 341 g/mol. The Hall–Kier alpha value is -0.660. The third-order valence-electron chi connectivity index (χ3n) is 3.26. The third-order valence-corrected chi connectivity index (χ3v) is 3.90. The summed E-state index contributed by atoms with van der Waals surface area (Å²) in [5.41, 5.74) is 11.1. The van der Waals surface area contributed by atoms with Gasteiger partial charge in [0.2, 0.25) is 5.91 Å². The molecule has 21 heavy (non-hydrogen) atoms. The van der Waals surface area contributed by atoms with Crippen LogP contribution in [0.25, 0.3) is 0 Å². The van der Waals surface area contributed by atoms with Gasteiger partial charge in [-0.25, -0.2) is 4.79 Å². The Morgan fingerprint density at radius 3 is 2.29 bits per heavy atom. The van der Waals surface area contributed by atoms with Gasteiger partial charge in [-0.1, -0.05) is 13.8 Å². The number of nitrogens with one attached hydrogen (secondary N) is 1. The zero-order valence-corrected chi connectivity index (χ0v) is 14.9. The van der Waals surface area contributed by atoms with Crippen molar-refractivity contribution in [3.63, 3.8) is 0 Å². The molecule has 0 aromatic rings. The van der Waals surface area contributed by atoms with Gasteiger partial charge in [-0.2, -0.15) is 11.8 Å². The van der Waals surface area contributed by atoms with E-state index in [1.54, 1.807) is 23.7 Å². The van der Waals surface area contributed by atoms with E-state index in [1.807, 2.05) is 6.26 Å². The lowest BCUT2D eigenvalue weighted by atomic mass is 10.0. The lowest BCUT2D eigenvalue weighted by Crippen LogP contribution is -2.50. The number of halogens is 1. The van der Waals surface area contributed by atoms with E-state index in [4.69, 9.17) is 11.5 Å². The van der Waals surface area contributed by atoms with E-state index < -0.39 is 12.1 Å². The molecule has 126 valence electrons. The predicted molar refractivity (Wildman–Crippen MR) is 91.8 cm³/mol. The van der Waals surface area contributed by atoms with Crippen LogP contribution in [-0.4, -0.2) is 54.5 Å². The maximum Gasteiger partial charge on any atom is 0.312 e. The molecule has 0 fully saturated rings. The zero-order chi connectivity index (χ0) is 15.7. The number of nitrogens with zero attached hydrogens (tertiary/aromatic N) is 1. The molecular weight excluding hydrogens is 312 g/mol. The van der Waals surface area contributed by atoms with Gasteiger partial charge in [0, 0.05) is 19.6 Å². The summed E-state index contributed by atoms with van der Waals surface area (Å²) in [6, 6.07) is -1.16. The van der Waals surface area contributed by atoms with E-state index in [0.717, 1.165) is 12.2 Å². The molecule has 5 N–H and O–H groups in total. The van der Waals surface area contributed by atoms with Crippen molar-refractivity contribution in [2.75, 3.05) is 25.6 Å². The van der Waals surface area contributed by atoms with Gasteiger partial charge in [-0.3, -0.25) is 4.79 Å². The standard InChI is InChI=1S/C13H28N4O2S.ClH/c1-9(2)10(14)5-7-17(3)12(18)11(6-8-20-4)16-13(15)19;/h9-11H,5-8,14H2,1-4H3,(H3,15,16,19);1H. The highest BCUT2D eigenvalue weighted by atomic mass is 35.5. The van der Waals surface area contributed by atoms with Gasteiger partial charge in [-0.05, 0) is 30.8 Å². The highest BCUT2D eigenvalue weighted by Gasteiger charge is 2.23. The Morgan fingerprint density at radius 1 is 1.29 bits per heavy atom. The molecule has 0 aliphatic carbocycles. The van der Waals surface area contributed by atoms with Gasteiger partial charge in [-0.15, -0.1) is 12.4 Å². The van der Waals surface area contributed by atoms with Crippen molar-refractivity contribution >= 4 is 36.1 Å². The van der Waals surface area contributed by atoms with Crippen LogP contribution in [0.4, 0.5) is 4.79 Å². The lowest BCUT2D eigenvalue weighted by Gasteiger charge is -2.25. The van der Waals surface area contributed by atoms with E-state index in [1.165, 1.54) is 0 Å². The molecule has 0 saturated carbocycles. The van der Waals surface area contributed by atoms with E-state index in [0.29, 0.717) is 18.9 Å². The molecule has 2 unspecified atom stereocenters. The number of hydrogen-bond donors (Lipinski definition) is 3. The minimum Gasteiger partial charge on any atom is -0.352 e. The van der Waals surface area contributed by atoms with Crippen molar-refractivity contribution in [3.8, 4) is 0 Å². The van der Waals surface area contributed by atoms with Crippen LogP contribution in [0.3, 0.4) is 0 Å². The summed E-state index contributed by atoms with van der Waals surface area (Å²) in [6.07, 6.45) is 3.27. The molecule has 0 spiro atoms. The molecular formula is C13H29ClN4O2S. The van der Waals surface area contributed by atoms with Crippen LogP contribution in [-0.2, 0) is 4.79 Å². The molecule has 0 aliphatic heterocycles. The van der Waals surface area contributed by atoms with Crippen LogP contribution in [0.2, 0.25) is 0 Å². The molecule has 0 saturated heterocycles. The number of carbonyl (C=O) groups is 2. The number of rotatable bonds is 9. The molecule has 0 aromatic carbocycles. The van der Waals surface area contributed by atoms with Crippen molar-refractivity contribution < 1.29 is 9.59 Å². The van der Waals surface area contributed by atoms with Crippen molar-refractivity contribution in [2.24, 2.45) is 17.4 Å². The summed E-state index contributed by atoms with van der Waals surface area (Å²) >= 11 is 1.63. The number of nitrogens with two attached hydrogens (primary N) is 2. The molecule has 0 radical (unpaired) electrons. The lowest BCUT2D eigenvalue weighted by molar-refractivity contribution is -0.132. The molecule has 0 heterocycles. The normalized spacial score (nSPS) is 13.2. The van der Waals surface area contributed by atoms with Crippen LogP contribution in [0.15, 0.2) is 0 Å². The minimum atomic E-state index is -0.670. The quantitative estimate of drug-likeness (QED) is 0.583. The van der Waals surface area contributed by atoms with Crippen molar-refractivity contribution in [2.45, 2.75) is 38.8 Å². The zero-order valence-electron chi connectivity index (χ0n) is 13.3. The van der Waals surface area contributed by atoms with Gasteiger partial charge in [0.05, 0.1) is 0 Å². The Labute approximate surface area is 138 Å². The SMILES string of the molecule is CSCCC(NC(N)=O)C(=O)N(C)CCC(N)C(C)C.Cl. The molecule has 8 heteroatoms. The number of amides is 3. The summed E-state index contributed by atoms with van der Waals surface area (Å²) < 4.78 is 0. The maximum absolute atomic E-state index is 12.3. The van der Waals surface area contributed by atoms with E-state index in [9.17, 15) is 9.59 Å². The number of primary amides is 1. The molecule has 0 rings (SSSR count). The van der Waals surface area contributed by atoms with Crippen LogP contribution < -0.4 is 16.8 Å². The van der Waals surface area contributed by atoms with Gasteiger partial charge < -0.3 is 21.7 Å². The van der Waals surface area contributed by atoms with Crippen molar-refractivity contribution in [1.29, 1.82) is 0 Å². The van der Waals surface area contributed by atoms with Crippen LogP contribution in [0.5, 0.6) is 0 Å². The summed E-state index contributed by atoms with van der Waals surface area (Å²) in [5.74, 6) is 1.05. The topological polar surface area (TPSA) is 101 Å². The van der Waals surface area contributed by atoms with Crippen molar-refractivity contribution in [1.82, 2.24) is 10.2 Å². The van der Waals surface area contributed by atoms with E-state index >= 15 is 0 Å². The Kier molecular flexibility index (Phi) is 12.9. The Balaban J connectivity index is 0. The maximum atomic E-state index is 12.3. The van der Waals surface area contributed by atoms with E-state index in [-0.39, 0.29) is 24.4 Å². The smallest absolute Gasteiger partial charge is 0.312 e. The first-order valence-corrected chi connectivity index (χ1v) is 8.24. The molecule has 0 bridgehead atoms. The second-order valence-corrected chi connectivity index (χ2v) is 6.28. The van der Waals surface area contributed by atoms with Crippen molar-refractivity contribution in [3.05, 3.63) is 0 Å². The van der Waals surface area contributed by atoms with Crippen LogP contribution in [0, 0.1) is 5.92 Å². The second kappa shape index (κ2) is 11.9. The molecule has 0 aliphatic rings. The fraction of sp³-hybridized carbons (Fsp3) is 0.846. The number of thioether (sulfide) groups is 1. The Bertz CT molecular complexity index is 319. The van der Waals surface area contributed by atoms with Gasteiger partial charge in [0.1, 0.15) is 6.04 Å². The first-order chi connectivity index (χ1) is 9.29.